The molecule has 0 spiro atoms. The molecule has 3 rings (SSSR count). The fraction of sp³-hybridized carbons (Fsp3) is 0.400. The Balaban J connectivity index is 1.55. The Labute approximate surface area is 143 Å². The van der Waals surface area contributed by atoms with Crippen molar-refractivity contribution in [2.45, 2.75) is 44.6 Å². The molecule has 3 unspecified atom stereocenters. The van der Waals surface area contributed by atoms with E-state index in [0.717, 1.165) is 11.1 Å². The monoisotopic (exact) mass is 328 g/mol. The van der Waals surface area contributed by atoms with Gasteiger partial charge in [0.05, 0.1) is 25.9 Å². The van der Waals surface area contributed by atoms with Crippen LogP contribution >= 0.6 is 0 Å². The standard InChI is InChI=1S/C20H24O4/c1-15-20(24-13-17-10-6-3-7-11-17)19(21)18(14-22-15)23-12-16-8-4-2-5-9-16/h2-11,15,18-21H,12-14H2,1H3/t15?,18?,19?,20-/m1/s1. The van der Waals surface area contributed by atoms with Gasteiger partial charge in [0.25, 0.3) is 0 Å². The maximum atomic E-state index is 10.6. The molecule has 1 saturated heterocycles. The van der Waals surface area contributed by atoms with Crippen molar-refractivity contribution in [1.82, 2.24) is 0 Å². The van der Waals surface area contributed by atoms with E-state index in [9.17, 15) is 5.11 Å². The molecule has 1 aliphatic heterocycles. The summed E-state index contributed by atoms with van der Waals surface area (Å²) < 4.78 is 17.5. The zero-order chi connectivity index (χ0) is 16.8. The predicted octanol–water partition coefficient (Wildman–Crippen LogP) is 2.94. The molecule has 0 amide bonds. The van der Waals surface area contributed by atoms with Gasteiger partial charge in [-0.25, -0.2) is 0 Å². The minimum absolute atomic E-state index is 0.166. The third-order valence-corrected chi connectivity index (χ3v) is 4.30. The van der Waals surface area contributed by atoms with E-state index in [4.69, 9.17) is 14.2 Å². The molecule has 1 fully saturated rings. The first kappa shape index (κ1) is 17.1. The molecule has 128 valence electrons. The number of benzene rings is 2. The molecule has 24 heavy (non-hydrogen) atoms. The highest BCUT2D eigenvalue weighted by Gasteiger charge is 2.38. The Hall–Kier alpha value is -1.72. The third-order valence-electron chi connectivity index (χ3n) is 4.30. The summed E-state index contributed by atoms with van der Waals surface area (Å²) in [7, 11) is 0. The molecule has 1 N–H and O–H groups in total. The minimum atomic E-state index is -0.707. The van der Waals surface area contributed by atoms with Crippen LogP contribution in [-0.2, 0) is 27.4 Å². The van der Waals surface area contributed by atoms with Crippen LogP contribution in [0.2, 0.25) is 0 Å². The second kappa shape index (κ2) is 8.40. The number of aliphatic hydroxyl groups excluding tert-OH is 1. The topological polar surface area (TPSA) is 47.9 Å². The molecular formula is C20H24O4. The lowest BCUT2D eigenvalue weighted by atomic mass is 10.0. The average Bonchev–Trinajstić information content (AvgIpc) is 2.63. The Morgan fingerprint density at radius 2 is 1.46 bits per heavy atom. The normalized spacial score (nSPS) is 27.1. The fourth-order valence-corrected chi connectivity index (χ4v) is 2.85. The molecule has 4 heteroatoms. The van der Waals surface area contributed by atoms with E-state index in [1.165, 1.54) is 0 Å². The third kappa shape index (κ3) is 4.42. The van der Waals surface area contributed by atoms with Crippen molar-refractivity contribution in [3.63, 3.8) is 0 Å². The predicted molar refractivity (Wildman–Crippen MR) is 91.5 cm³/mol. The van der Waals surface area contributed by atoms with Crippen LogP contribution in [0.1, 0.15) is 18.1 Å². The summed E-state index contributed by atoms with van der Waals surface area (Å²) in [6.07, 6.45) is -1.66. The Kier molecular flexibility index (Phi) is 5.99. The second-order valence-electron chi connectivity index (χ2n) is 6.13. The van der Waals surface area contributed by atoms with Crippen molar-refractivity contribution in [2.75, 3.05) is 6.61 Å². The molecule has 0 saturated carbocycles. The lowest BCUT2D eigenvalue weighted by Gasteiger charge is -2.38. The van der Waals surface area contributed by atoms with Crippen LogP contribution in [0.15, 0.2) is 60.7 Å². The van der Waals surface area contributed by atoms with Gasteiger partial charge in [0.15, 0.2) is 0 Å². The summed E-state index contributed by atoms with van der Waals surface area (Å²) >= 11 is 0. The summed E-state index contributed by atoms with van der Waals surface area (Å²) in [6.45, 7) is 3.19. The van der Waals surface area contributed by atoms with E-state index in [2.05, 4.69) is 0 Å². The second-order valence-corrected chi connectivity index (χ2v) is 6.13. The van der Waals surface area contributed by atoms with Crippen molar-refractivity contribution >= 4 is 0 Å². The minimum Gasteiger partial charge on any atom is -0.387 e. The van der Waals surface area contributed by atoms with Gasteiger partial charge in [0.2, 0.25) is 0 Å². The highest BCUT2D eigenvalue weighted by Crippen LogP contribution is 2.22. The van der Waals surface area contributed by atoms with E-state index in [1.807, 2.05) is 67.6 Å². The van der Waals surface area contributed by atoms with Crippen molar-refractivity contribution in [1.29, 1.82) is 0 Å². The van der Waals surface area contributed by atoms with Gasteiger partial charge in [-0.1, -0.05) is 60.7 Å². The van der Waals surface area contributed by atoms with E-state index in [-0.39, 0.29) is 12.2 Å². The fourth-order valence-electron chi connectivity index (χ4n) is 2.85. The van der Waals surface area contributed by atoms with Gasteiger partial charge >= 0.3 is 0 Å². The quantitative estimate of drug-likeness (QED) is 0.886. The van der Waals surface area contributed by atoms with E-state index < -0.39 is 12.2 Å². The number of rotatable bonds is 6. The van der Waals surface area contributed by atoms with Crippen LogP contribution in [-0.4, -0.2) is 36.1 Å². The highest BCUT2D eigenvalue weighted by atomic mass is 16.6. The van der Waals surface area contributed by atoms with Crippen molar-refractivity contribution in [2.24, 2.45) is 0 Å². The first-order chi connectivity index (χ1) is 11.7. The molecule has 0 aliphatic carbocycles. The number of ether oxygens (including phenoxy) is 3. The molecular weight excluding hydrogens is 304 g/mol. The molecule has 0 radical (unpaired) electrons. The van der Waals surface area contributed by atoms with Gasteiger partial charge in [0, 0.05) is 0 Å². The summed E-state index contributed by atoms with van der Waals surface area (Å²) in [5.74, 6) is 0. The van der Waals surface area contributed by atoms with Crippen LogP contribution in [0.5, 0.6) is 0 Å². The zero-order valence-electron chi connectivity index (χ0n) is 13.9. The van der Waals surface area contributed by atoms with E-state index in [1.54, 1.807) is 0 Å². The molecule has 2 aromatic rings. The largest absolute Gasteiger partial charge is 0.387 e. The SMILES string of the molecule is CC1OCC(OCc2ccccc2)C(O)[C@@H]1OCc1ccccc1. The van der Waals surface area contributed by atoms with Gasteiger partial charge < -0.3 is 19.3 Å². The van der Waals surface area contributed by atoms with Crippen LogP contribution in [0, 0.1) is 0 Å². The first-order valence-corrected chi connectivity index (χ1v) is 8.35. The van der Waals surface area contributed by atoms with Gasteiger partial charge in [0.1, 0.15) is 18.3 Å². The molecule has 1 aliphatic rings. The summed E-state index contributed by atoms with van der Waals surface area (Å²) in [6, 6.07) is 19.8. The lowest BCUT2D eigenvalue weighted by Crippen LogP contribution is -2.53. The number of hydrogen-bond donors (Lipinski definition) is 1. The molecule has 4 nitrogen and oxygen atoms in total. The first-order valence-electron chi connectivity index (χ1n) is 8.35. The van der Waals surface area contributed by atoms with Crippen LogP contribution in [0.25, 0.3) is 0 Å². The van der Waals surface area contributed by atoms with Crippen molar-refractivity contribution < 1.29 is 19.3 Å². The van der Waals surface area contributed by atoms with Crippen LogP contribution in [0.3, 0.4) is 0 Å². The smallest absolute Gasteiger partial charge is 0.112 e. The number of aliphatic hydroxyl groups is 1. The number of hydrogen-bond acceptors (Lipinski definition) is 4. The maximum Gasteiger partial charge on any atom is 0.112 e. The average molecular weight is 328 g/mol. The van der Waals surface area contributed by atoms with Gasteiger partial charge in [-0.2, -0.15) is 0 Å². The molecule has 2 aromatic carbocycles. The Bertz CT molecular complexity index is 602. The molecule has 0 bridgehead atoms. The van der Waals surface area contributed by atoms with Crippen LogP contribution in [0.4, 0.5) is 0 Å². The lowest BCUT2D eigenvalue weighted by molar-refractivity contribution is -0.217. The maximum absolute atomic E-state index is 10.6. The summed E-state index contributed by atoms with van der Waals surface area (Å²) in [5.41, 5.74) is 2.15. The summed E-state index contributed by atoms with van der Waals surface area (Å²) in [5, 5.41) is 10.6. The molecule has 4 atom stereocenters. The summed E-state index contributed by atoms with van der Waals surface area (Å²) in [4.78, 5) is 0. The zero-order valence-corrected chi connectivity index (χ0v) is 13.9. The van der Waals surface area contributed by atoms with Crippen LogP contribution < -0.4 is 0 Å². The highest BCUT2D eigenvalue weighted by molar-refractivity contribution is 5.14. The molecule has 0 aromatic heterocycles. The van der Waals surface area contributed by atoms with Gasteiger partial charge in [-0.3, -0.25) is 0 Å². The Morgan fingerprint density at radius 3 is 2.04 bits per heavy atom. The van der Waals surface area contributed by atoms with E-state index in [0.29, 0.717) is 19.8 Å². The van der Waals surface area contributed by atoms with Gasteiger partial charge in [-0.15, -0.1) is 0 Å². The Morgan fingerprint density at radius 1 is 0.917 bits per heavy atom. The van der Waals surface area contributed by atoms with E-state index >= 15 is 0 Å². The van der Waals surface area contributed by atoms with Crippen molar-refractivity contribution in [3.05, 3.63) is 71.8 Å². The van der Waals surface area contributed by atoms with Crippen molar-refractivity contribution in [3.8, 4) is 0 Å². The van der Waals surface area contributed by atoms with Gasteiger partial charge in [-0.05, 0) is 18.1 Å². The molecule has 1 heterocycles.